The fourth-order valence-electron chi connectivity index (χ4n) is 0.107. The molecule has 10 heteroatoms. The summed E-state index contributed by atoms with van der Waals surface area (Å²) >= 11 is 20.0. The maximum Gasteiger partial charge on any atom is 0.448 e. The van der Waals surface area contributed by atoms with Crippen molar-refractivity contribution < 1.29 is 26.3 Å². The minimum absolute atomic E-state index is 0.0988. The second kappa shape index (κ2) is 7.49. The standard InChI is InChI=1S/C3F6.C2Cl4/c4-1(2(5)6)3(7,8)9;3-1(4)2(5)6. The van der Waals surface area contributed by atoms with Crippen LogP contribution < -0.4 is 0 Å². The van der Waals surface area contributed by atoms with Crippen LogP contribution in [0.25, 0.3) is 0 Å². The molecule has 0 rings (SSSR count). The average molecular weight is 316 g/mol. The normalized spacial score (nSPS) is 10.0. The summed E-state index contributed by atoms with van der Waals surface area (Å²) in [5.74, 6) is -3.33. The third kappa shape index (κ3) is 10.5. The fourth-order valence-corrected chi connectivity index (χ4v) is 0.107. The molecule has 0 N–H and O–H groups in total. The molecule has 0 unspecified atom stereocenters. The second-order valence-electron chi connectivity index (χ2n) is 1.59. The van der Waals surface area contributed by atoms with Crippen LogP contribution >= 0.6 is 46.4 Å². The van der Waals surface area contributed by atoms with Crippen LogP contribution in [0.15, 0.2) is 20.9 Å². The SMILES string of the molecule is ClC(Cl)=C(Cl)Cl.FC(F)=C(F)C(F)(F)F. The molecule has 0 amide bonds. The van der Waals surface area contributed by atoms with Gasteiger partial charge in [-0.25, -0.2) is 0 Å². The minimum Gasteiger partial charge on any atom is -0.196 e. The zero-order valence-corrected chi connectivity index (χ0v) is 9.30. The summed E-state index contributed by atoms with van der Waals surface area (Å²) in [7, 11) is 0. The zero-order valence-electron chi connectivity index (χ0n) is 6.28. The van der Waals surface area contributed by atoms with E-state index in [0.29, 0.717) is 0 Å². The molecular formula is C5Cl4F6. The van der Waals surface area contributed by atoms with Crippen LogP contribution in [0.5, 0.6) is 0 Å². The van der Waals surface area contributed by atoms with E-state index in [1.54, 1.807) is 0 Å². The number of rotatable bonds is 0. The Morgan fingerprint density at radius 2 is 1.00 bits per heavy atom. The number of hydrogen-bond acceptors (Lipinski definition) is 0. The third-order valence-corrected chi connectivity index (χ3v) is 1.70. The van der Waals surface area contributed by atoms with E-state index in [1.165, 1.54) is 0 Å². The summed E-state index contributed by atoms with van der Waals surface area (Å²) in [4.78, 5) is 0. The van der Waals surface area contributed by atoms with Gasteiger partial charge in [-0.2, -0.15) is 26.3 Å². The second-order valence-corrected chi connectivity index (χ2v) is 3.49. The highest BCUT2D eigenvalue weighted by atomic mass is 35.5. The van der Waals surface area contributed by atoms with Gasteiger partial charge in [0.05, 0.1) is 0 Å². The van der Waals surface area contributed by atoms with Crippen LogP contribution in [-0.2, 0) is 0 Å². The van der Waals surface area contributed by atoms with Crippen molar-refractivity contribution in [2.75, 3.05) is 0 Å². The van der Waals surface area contributed by atoms with Gasteiger partial charge in [-0.05, 0) is 0 Å². The molecule has 0 aliphatic carbocycles. The molecule has 0 atom stereocenters. The third-order valence-electron chi connectivity index (χ3n) is 0.558. The van der Waals surface area contributed by atoms with Gasteiger partial charge < -0.3 is 0 Å². The lowest BCUT2D eigenvalue weighted by atomic mass is 10.6. The van der Waals surface area contributed by atoms with E-state index in [9.17, 15) is 26.3 Å². The van der Waals surface area contributed by atoms with Gasteiger partial charge in [-0.1, -0.05) is 46.4 Å². The van der Waals surface area contributed by atoms with Gasteiger partial charge in [-0.3, -0.25) is 0 Å². The van der Waals surface area contributed by atoms with Crippen molar-refractivity contribution in [2.45, 2.75) is 6.18 Å². The quantitative estimate of drug-likeness (QED) is 0.503. The highest BCUT2D eigenvalue weighted by molar-refractivity contribution is 6.67. The minimum atomic E-state index is -5.56. The number of allylic oxidation sites excluding steroid dienone is 1. The molecule has 0 saturated carbocycles. The smallest absolute Gasteiger partial charge is 0.196 e. The largest absolute Gasteiger partial charge is 0.448 e. The topological polar surface area (TPSA) is 0 Å². The number of halogens is 10. The van der Waals surface area contributed by atoms with Crippen molar-refractivity contribution in [1.82, 2.24) is 0 Å². The summed E-state index contributed by atoms with van der Waals surface area (Å²) in [6.07, 6.45) is -8.90. The van der Waals surface area contributed by atoms with Gasteiger partial charge >= 0.3 is 12.3 Å². The van der Waals surface area contributed by atoms with Gasteiger partial charge in [0.2, 0.25) is 0 Å². The maximum atomic E-state index is 11.0. The molecule has 0 fully saturated rings. The highest BCUT2D eigenvalue weighted by Gasteiger charge is 2.38. The molecule has 0 saturated heterocycles. The molecule has 0 aliphatic rings. The summed E-state index contributed by atoms with van der Waals surface area (Å²) < 4.78 is 64.6. The first kappa shape index (κ1) is 17.6. The number of alkyl halides is 3. The summed E-state index contributed by atoms with van der Waals surface area (Å²) in [5.41, 5.74) is 0. The van der Waals surface area contributed by atoms with Crippen LogP contribution in [0.2, 0.25) is 0 Å². The van der Waals surface area contributed by atoms with E-state index in [4.69, 9.17) is 46.4 Å². The summed E-state index contributed by atoms with van der Waals surface area (Å²) in [6.45, 7) is 0. The van der Waals surface area contributed by atoms with Gasteiger partial charge in [0, 0.05) is 0 Å². The van der Waals surface area contributed by atoms with E-state index in [2.05, 4.69) is 0 Å². The van der Waals surface area contributed by atoms with E-state index in [1.807, 2.05) is 0 Å². The van der Waals surface area contributed by atoms with Gasteiger partial charge in [0.1, 0.15) is 8.98 Å². The van der Waals surface area contributed by atoms with Crippen molar-refractivity contribution in [2.24, 2.45) is 0 Å². The molecule has 0 aromatic carbocycles. The average Bonchev–Trinajstić information content (AvgIpc) is 2.02. The van der Waals surface area contributed by atoms with Crippen molar-refractivity contribution in [3.8, 4) is 0 Å². The lowest BCUT2D eigenvalue weighted by Crippen LogP contribution is -2.08. The Balaban J connectivity index is 0. The molecule has 90 valence electrons. The molecule has 0 heterocycles. The molecule has 0 aromatic rings. The molecule has 0 bridgehead atoms. The molecule has 0 aliphatic heterocycles. The Hall–Kier alpha value is 0.220. The van der Waals surface area contributed by atoms with Gasteiger partial charge in [0.15, 0.2) is 0 Å². The van der Waals surface area contributed by atoms with Crippen LogP contribution in [0, 0.1) is 0 Å². The van der Waals surface area contributed by atoms with Crippen molar-refractivity contribution in [1.29, 1.82) is 0 Å². The van der Waals surface area contributed by atoms with E-state index in [0.717, 1.165) is 0 Å². The monoisotopic (exact) mass is 314 g/mol. The van der Waals surface area contributed by atoms with Crippen molar-refractivity contribution in [3.63, 3.8) is 0 Å². The lowest BCUT2D eigenvalue weighted by molar-refractivity contribution is -0.113. The zero-order chi connectivity index (χ0) is 12.8. The lowest BCUT2D eigenvalue weighted by Gasteiger charge is -1.98. The van der Waals surface area contributed by atoms with Crippen molar-refractivity contribution in [3.05, 3.63) is 20.9 Å². The van der Waals surface area contributed by atoms with Crippen LogP contribution in [0.1, 0.15) is 0 Å². The molecule has 15 heavy (non-hydrogen) atoms. The maximum absolute atomic E-state index is 11.0. The first-order valence-corrected chi connectivity index (χ1v) is 4.15. The summed E-state index contributed by atoms with van der Waals surface area (Å²) in [5, 5.41) is 0. The van der Waals surface area contributed by atoms with Crippen molar-refractivity contribution >= 4 is 46.4 Å². The first-order chi connectivity index (χ1) is 6.50. The molecular weight excluding hydrogens is 316 g/mol. The van der Waals surface area contributed by atoms with Gasteiger partial charge in [0.25, 0.3) is 5.83 Å². The Bertz CT molecular complexity index is 245. The number of hydrogen-bond donors (Lipinski definition) is 0. The Kier molecular flexibility index (Phi) is 8.79. The van der Waals surface area contributed by atoms with Crippen LogP contribution in [0.3, 0.4) is 0 Å². The molecule has 0 nitrogen and oxygen atoms in total. The van der Waals surface area contributed by atoms with E-state index in [-0.39, 0.29) is 8.98 Å². The predicted octanol–water partition coefficient (Wildman–Crippen LogP) is 5.69. The highest BCUT2D eigenvalue weighted by Crippen LogP contribution is 2.29. The Morgan fingerprint density at radius 3 is 1.00 bits per heavy atom. The first-order valence-electron chi connectivity index (χ1n) is 2.64. The molecule has 0 spiro atoms. The fraction of sp³-hybridized carbons (Fsp3) is 0.200. The Labute approximate surface area is 100 Å². The van der Waals surface area contributed by atoms with Gasteiger partial charge in [-0.15, -0.1) is 0 Å². The predicted molar refractivity (Wildman–Crippen MR) is 46.8 cm³/mol. The Morgan fingerprint density at radius 1 is 0.733 bits per heavy atom. The van der Waals surface area contributed by atoms with E-state index < -0.39 is 18.1 Å². The van der Waals surface area contributed by atoms with E-state index >= 15 is 0 Å². The van der Waals surface area contributed by atoms with Crippen LogP contribution in [0.4, 0.5) is 26.3 Å². The molecule has 0 aromatic heterocycles. The van der Waals surface area contributed by atoms with Crippen LogP contribution in [-0.4, -0.2) is 6.18 Å². The summed E-state index contributed by atoms with van der Waals surface area (Å²) in [6, 6.07) is 0. The molecule has 0 radical (unpaired) electrons.